The van der Waals surface area contributed by atoms with Gasteiger partial charge in [-0.2, -0.15) is 5.10 Å². The molecule has 0 aliphatic heterocycles. The number of hydrogen-bond donors (Lipinski definition) is 1. The van der Waals surface area contributed by atoms with Crippen molar-refractivity contribution in [3.8, 4) is 0 Å². The number of nitrogens with zero attached hydrogens (tertiary/aromatic N) is 3. The zero-order valence-electron chi connectivity index (χ0n) is 12.6. The van der Waals surface area contributed by atoms with Crippen molar-refractivity contribution in [1.29, 1.82) is 0 Å². The van der Waals surface area contributed by atoms with Crippen molar-refractivity contribution in [3.63, 3.8) is 0 Å². The number of anilines is 1. The van der Waals surface area contributed by atoms with Crippen LogP contribution >= 0.6 is 0 Å². The zero-order chi connectivity index (χ0) is 14.9. The van der Waals surface area contributed by atoms with Crippen LogP contribution in [0.2, 0.25) is 0 Å². The van der Waals surface area contributed by atoms with Crippen LogP contribution < -0.4 is 5.32 Å². The van der Waals surface area contributed by atoms with E-state index in [1.807, 2.05) is 27.8 Å². The summed E-state index contributed by atoms with van der Waals surface area (Å²) in [6, 6.07) is 3.58. The van der Waals surface area contributed by atoms with Crippen molar-refractivity contribution in [2.24, 2.45) is 7.05 Å². The van der Waals surface area contributed by atoms with E-state index in [-0.39, 0.29) is 5.91 Å². The summed E-state index contributed by atoms with van der Waals surface area (Å²) in [4.78, 5) is 16.6. The molecule has 0 saturated heterocycles. The van der Waals surface area contributed by atoms with Crippen LogP contribution in [-0.2, 0) is 13.5 Å². The molecule has 2 aromatic rings. The average Bonchev–Trinajstić information content (AvgIpc) is 2.62. The van der Waals surface area contributed by atoms with Gasteiger partial charge in [0, 0.05) is 29.6 Å². The first-order valence-electron chi connectivity index (χ1n) is 6.71. The molecule has 1 N–H and O–H groups in total. The lowest BCUT2D eigenvalue weighted by atomic mass is 10.1. The Morgan fingerprint density at radius 1 is 1.25 bits per heavy atom. The van der Waals surface area contributed by atoms with Gasteiger partial charge in [-0.3, -0.25) is 14.5 Å². The minimum Gasteiger partial charge on any atom is -0.307 e. The van der Waals surface area contributed by atoms with Gasteiger partial charge in [0.1, 0.15) is 5.82 Å². The third kappa shape index (κ3) is 2.71. The molecule has 0 unspecified atom stereocenters. The Bertz CT molecular complexity index is 638. The van der Waals surface area contributed by atoms with Gasteiger partial charge >= 0.3 is 0 Å². The summed E-state index contributed by atoms with van der Waals surface area (Å²) in [7, 11) is 1.84. The van der Waals surface area contributed by atoms with E-state index in [9.17, 15) is 4.79 Å². The van der Waals surface area contributed by atoms with Crippen LogP contribution in [0, 0.1) is 20.8 Å². The standard InChI is InChI=1S/C15H20N4O/c1-6-13-11(4)18-19(5)14(13)17-15(20)12-7-9(2)16-10(3)8-12/h7-8H,6H2,1-5H3,(H,17,20). The minimum absolute atomic E-state index is 0.128. The highest BCUT2D eigenvalue weighted by atomic mass is 16.1. The molecule has 0 bridgehead atoms. The minimum atomic E-state index is -0.128. The van der Waals surface area contributed by atoms with Crippen LogP contribution in [0.15, 0.2) is 12.1 Å². The monoisotopic (exact) mass is 272 g/mol. The Labute approximate surface area is 119 Å². The number of carbonyl (C=O) groups is 1. The second-order valence-corrected chi connectivity index (χ2v) is 4.98. The Morgan fingerprint density at radius 3 is 2.40 bits per heavy atom. The molecule has 0 aliphatic carbocycles. The fourth-order valence-corrected chi connectivity index (χ4v) is 2.43. The SMILES string of the molecule is CCc1c(C)nn(C)c1NC(=O)c1cc(C)nc(C)c1. The predicted octanol–water partition coefficient (Wildman–Crippen LogP) is 2.56. The fraction of sp³-hybridized carbons (Fsp3) is 0.400. The van der Waals surface area contributed by atoms with Crippen LogP contribution in [0.4, 0.5) is 5.82 Å². The van der Waals surface area contributed by atoms with E-state index in [0.29, 0.717) is 5.56 Å². The van der Waals surface area contributed by atoms with Crippen molar-refractivity contribution in [2.45, 2.75) is 34.1 Å². The first-order valence-corrected chi connectivity index (χ1v) is 6.71. The molecule has 0 atom stereocenters. The maximum atomic E-state index is 12.4. The number of aryl methyl sites for hydroxylation is 4. The summed E-state index contributed by atoms with van der Waals surface area (Å²) in [6.07, 6.45) is 0.837. The smallest absolute Gasteiger partial charge is 0.256 e. The maximum absolute atomic E-state index is 12.4. The second-order valence-electron chi connectivity index (χ2n) is 4.98. The van der Waals surface area contributed by atoms with Gasteiger partial charge in [0.05, 0.1) is 5.69 Å². The van der Waals surface area contributed by atoms with E-state index in [1.165, 1.54) is 0 Å². The molecular weight excluding hydrogens is 252 g/mol. The summed E-state index contributed by atoms with van der Waals surface area (Å²) < 4.78 is 1.72. The molecule has 0 radical (unpaired) electrons. The molecule has 2 rings (SSSR count). The molecule has 5 heteroatoms. The number of carbonyl (C=O) groups excluding carboxylic acids is 1. The summed E-state index contributed by atoms with van der Waals surface area (Å²) in [6.45, 7) is 7.78. The Balaban J connectivity index is 2.32. The van der Waals surface area contributed by atoms with Gasteiger partial charge in [0.2, 0.25) is 0 Å². The van der Waals surface area contributed by atoms with Crippen molar-refractivity contribution >= 4 is 11.7 Å². The van der Waals surface area contributed by atoms with Gasteiger partial charge in [-0.25, -0.2) is 0 Å². The van der Waals surface area contributed by atoms with Crippen LogP contribution in [0.25, 0.3) is 0 Å². The summed E-state index contributed by atoms with van der Waals surface area (Å²) >= 11 is 0. The van der Waals surface area contributed by atoms with Gasteiger partial charge in [-0.15, -0.1) is 0 Å². The van der Waals surface area contributed by atoms with Crippen molar-refractivity contribution in [3.05, 3.63) is 40.3 Å². The van der Waals surface area contributed by atoms with Crippen LogP contribution in [0.1, 0.15) is 39.9 Å². The maximum Gasteiger partial charge on any atom is 0.256 e. The summed E-state index contributed by atoms with van der Waals surface area (Å²) in [5.41, 5.74) is 4.32. The number of hydrogen-bond acceptors (Lipinski definition) is 3. The molecule has 0 aromatic carbocycles. The molecule has 0 saturated carbocycles. The Morgan fingerprint density at radius 2 is 1.85 bits per heavy atom. The van der Waals surface area contributed by atoms with Gasteiger partial charge in [-0.1, -0.05) is 6.92 Å². The van der Waals surface area contributed by atoms with Gasteiger partial charge in [-0.05, 0) is 39.3 Å². The molecule has 0 fully saturated rings. The molecule has 0 aliphatic rings. The lowest BCUT2D eigenvalue weighted by Crippen LogP contribution is -2.16. The molecule has 1 amide bonds. The molecule has 5 nitrogen and oxygen atoms in total. The Kier molecular flexibility index (Phi) is 3.88. The van der Waals surface area contributed by atoms with Crippen LogP contribution in [0.3, 0.4) is 0 Å². The van der Waals surface area contributed by atoms with Crippen molar-refractivity contribution < 1.29 is 4.79 Å². The number of aromatic nitrogens is 3. The highest BCUT2D eigenvalue weighted by Gasteiger charge is 2.15. The molecule has 2 aromatic heterocycles. The highest BCUT2D eigenvalue weighted by Crippen LogP contribution is 2.20. The van der Waals surface area contributed by atoms with E-state index in [1.54, 1.807) is 16.8 Å². The van der Waals surface area contributed by atoms with Gasteiger partial charge in [0.25, 0.3) is 5.91 Å². The van der Waals surface area contributed by atoms with Crippen LogP contribution in [0.5, 0.6) is 0 Å². The molecule has 0 spiro atoms. The summed E-state index contributed by atoms with van der Waals surface area (Å²) in [5.74, 6) is 0.637. The largest absolute Gasteiger partial charge is 0.307 e. The lowest BCUT2D eigenvalue weighted by Gasteiger charge is -2.09. The van der Waals surface area contributed by atoms with Crippen LogP contribution in [-0.4, -0.2) is 20.7 Å². The van der Waals surface area contributed by atoms with E-state index in [0.717, 1.165) is 34.9 Å². The topological polar surface area (TPSA) is 59.8 Å². The fourth-order valence-electron chi connectivity index (χ4n) is 2.43. The lowest BCUT2D eigenvalue weighted by molar-refractivity contribution is 0.102. The van der Waals surface area contributed by atoms with E-state index < -0.39 is 0 Å². The molecule has 2 heterocycles. The average molecular weight is 272 g/mol. The molecule has 106 valence electrons. The Hall–Kier alpha value is -2.17. The second kappa shape index (κ2) is 5.45. The van der Waals surface area contributed by atoms with Gasteiger partial charge < -0.3 is 5.32 Å². The highest BCUT2D eigenvalue weighted by molar-refractivity contribution is 6.04. The predicted molar refractivity (Wildman–Crippen MR) is 79.0 cm³/mol. The third-order valence-corrected chi connectivity index (χ3v) is 3.28. The van der Waals surface area contributed by atoms with E-state index in [2.05, 4.69) is 22.3 Å². The molecular formula is C15H20N4O. The third-order valence-electron chi connectivity index (χ3n) is 3.28. The number of pyridine rings is 1. The van der Waals surface area contributed by atoms with Crippen molar-refractivity contribution in [1.82, 2.24) is 14.8 Å². The molecule has 20 heavy (non-hydrogen) atoms. The number of nitrogens with one attached hydrogen (secondary N) is 1. The normalized spacial score (nSPS) is 10.7. The quantitative estimate of drug-likeness (QED) is 0.934. The van der Waals surface area contributed by atoms with E-state index in [4.69, 9.17) is 0 Å². The first kappa shape index (κ1) is 14.2. The van der Waals surface area contributed by atoms with E-state index >= 15 is 0 Å². The van der Waals surface area contributed by atoms with Gasteiger partial charge in [0.15, 0.2) is 0 Å². The first-order chi connectivity index (χ1) is 9.42. The van der Waals surface area contributed by atoms with Crippen molar-refractivity contribution in [2.75, 3.05) is 5.32 Å². The summed E-state index contributed by atoms with van der Waals surface area (Å²) in [5, 5.41) is 7.31. The number of rotatable bonds is 3. The number of amides is 1. The zero-order valence-corrected chi connectivity index (χ0v) is 12.6.